The van der Waals surface area contributed by atoms with Gasteiger partial charge >= 0.3 is 6.18 Å². The molecule has 0 spiro atoms. The molecule has 0 aliphatic rings. The molecule has 0 aliphatic heterocycles. The van der Waals surface area contributed by atoms with Gasteiger partial charge in [-0.3, -0.25) is 4.79 Å². The zero-order valence-corrected chi connectivity index (χ0v) is 19.3. The van der Waals surface area contributed by atoms with Crippen molar-refractivity contribution in [3.05, 3.63) is 98.7 Å². The van der Waals surface area contributed by atoms with Crippen molar-refractivity contribution in [3.8, 4) is 0 Å². The Morgan fingerprint density at radius 3 is 2.38 bits per heavy atom. The molecule has 2 unspecified atom stereocenters. The van der Waals surface area contributed by atoms with Crippen molar-refractivity contribution in [2.75, 3.05) is 17.6 Å². The molecule has 34 heavy (non-hydrogen) atoms. The average Bonchev–Trinajstić information content (AvgIpc) is 2.79. The summed E-state index contributed by atoms with van der Waals surface area (Å²) in [6.07, 6.45) is -4.18. The summed E-state index contributed by atoms with van der Waals surface area (Å²) in [5.74, 6) is -0.976. The molecule has 0 aromatic heterocycles. The molecule has 0 bridgehead atoms. The number of halogens is 5. The zero-order chi connectivity index (χ0) is 25.0. The highest BCUT2D eigenvalue weighted by Crippen LogP contribution is 2.36. The molecule has 0 aliphatic carbocycles. The lowest BCUT2D eigenvalue weighted by Crippen LogP contribution is -2.23. The summed E-state index contributed by atoms with van der Waals surface area (Å²) in [6.45, 7) is 0.246. The van der Waals surface area contributed by atoms with E-state index in [9.17, 15) is 18.0 Å². The number of rotatable bonds is 7. The van der Waals surface area contributed by atoms with Crippen LogP contribution >= 0.6 is 23.2 Å². The summed E-state index contributed by atoms with van der Waals surface area (Å²) in [6, 6.07) is 12.8. The zero-order valence-electron chi connectivity index (χ0n) is 17.8. The third-order valence-electron chi connectivity index (χ3n) is 5.33. The molecule has 3 aromatic rings. The molecule has 0 heterocycles. The largest absolute Gasteiger partial charge is 0.667 e. The molecule has 180 valence electrons. The van der Waals surface area contributed by atoms with Crippen molar-refractivity contribution in [2.24, 2.45) is 5.73 Å². The SMILES string of the molecule is [NH-]C(c1cccc(C(F)(F)F)c1)c1cc(NC(=O)C(CCN)c2ccc(Cl)c(Cl)c2)ccc1N. The van der Waals surface area contributed by atoms with Crippen LogP contribution in [-0.2, 0) is 11.0 Å². The normalized spacial score (nSPS) is 13.4. The smallest absolute Gasteiger partial charge is 0.416 e. The summed E-state index contributed by atoms with van der Waals surface area (Å²) in [5, 5.41) is 3.44. The van der Waals surface area contributed by atoms with Crippen molar-refractivity contribution in [2.45, 2.75) is 24.6 Å². The quantitative estimate of drug-likeness (QED) is 0.304. The van der Waals surface area contributed by atoms with Gasteiger partial charge in [0.05, 0.1) is 21.5 Å². The van der Waals surface area contributed by atoms with Gasteiger partial charge in [0.2, 0.25) is 5.91 Å². The molecule has 6 N–H and O–H groups in total. The van der Waals surface area contributed by atoms with Crippen LogP contribution in [0.2, 0.25) is 10.0 Å². The van der Waals surface area contributed by atoms with Gasteiger partial charge in [-0.1, -0.05) is 59.1 Å². The first-order valence-corrected chi connectivity index (χ1v) is 11.0. The summed E-state index contributed by atoms with van der Waals surface area (Å²) in [5.41, 5.74) is 21.0. The summed E-state index contributed by atoms with van der Waals surface area (Å²) in [4.78, 5) is 13.0. The third kappa shape index (κ3) is 6.01. The van der Waals surface area contributed by atoms with Gasteiger partial charge in [-0.05, 0) is 60.5 Å². The Bertz CT molecular complexity index is 1190. The first-order valence-electron chi connectivity index (χ1n) is 10.2. The van der Waals surface area contributed by atoms with E-state index in [1.54, 1.807) is 24.3 Å². The van der Waals surface area contributed by atoms with Gasteiger partial charge in [0.25, 0.3) is 0 Å². The number of anilines is 2. The average molecular weight is 510 g/mol. The fourth-order valence-corrected chi connectivity index (χ4v) is 3.86. The first kappa shape index (κ1) is 25.8. The minimum Gasteiger partial charge on any atom is -0.667 e. The van der Waals surface area contributed by atoms with Gasteiger partial charge in [-0.2, -0.15) is 13.2 Å². The number of amides is 1. The van der Waals surface area contributed by atoms with Crippen molar-refractivity contribution in [1.29, 1.82) is 0 Å². The monoisotopic (exact) mass is 509 g/mol. The topological polar surface area (TPSA) is 105 Å². The Morgan fingerprint density at radius 1 is 1.00 bits per heavy atom. The molecule has 0 fully saturated rings. The number of alkyl halides is 3. The second kappa shape index (κ2) is 10.7. The van der Waals surface area contributed by atoms with E-state index in [-0.39, 0.29) is 29.3 Å². The number of nitrogen functional groups attached to an aromatic ring is 1. The minimum absolute atomic E-state index is 0.127. The number of nitrogens with two attached hydrogens (primary N) is 2. The predicted octanol–water partition coefficient (Wildman–Crippen LogP) is 6.81. The highest BCUT2D eigenvalue weighted by atomic mass is 35.5. The number of carbonyl (C=O) groups excluding carboxylic acids is 1. The van der Waals surface area contributed by atoms with Crippen LogP contribution in [0.25, 0.3) is 5.73 Å². The highest BCUT2D eigenvalue weighted by molar-refractivity contribution is 6.42. The lowest BCUT2D eigenvalue weighted by atomic mass is 9.94. The van der Waals surface area contributed by atoms with Gasteiger partial charge < -0.3 is 22.5 Å². The Balaban J connectivity index is 1.87. The Morgan fingerprint density at radius 2 is 1.74 bits per heavy atom. The fourth-order valence-electron chi connectivity index (χ4n) is 3.55. The van der Waals surface area contributed by atoms with Gasteiger partial charge in [0.1, 0.15) is 0 Å². The molecular formula is C24H22Cl2F3N4O-. The van der Waals surface area contributed by atoms with Crippen LogP contribution < -0.4 is 16.8 Å². The number of hydrogen-bond acceptors (Lipinski definition) is 3. The molecular weight excluding hydrogens is 488 g/mol. The Labute approximate surface area is 205 Å². The Kier molecular flexibility index (Phi) is 8.09. The van der Waals surface area contributed by atoms with E-state index in [4.69, 9.17) is 40.4 Å². The van der Waals surface area contributed by atoms with Crippen LogP contribution in [0.3, 0.4) is 0 Å². The van der Waals surface area contributed by atoms with Gasteiger partial charge in [0.15, 0.2) is 0 Å². The predicted molar refractivity (Wildman–Crippen MR) is 130 cm³/mol. The maximum absolute atomic E-state index is 13.1. The van der Waals surface area contributed by atoms with E-state index < -0.39 is 23.7 Å². The fraction of sp³-hybridized carbons (Fsp3) is 0.208. The second-order valence-corrected chi connectivity index (χ2v) is 8.51. The van der Waals surface area contributed by atoms with Crippen LogP contribution in [0, 0.1) is 0 Å². The number of carbonyl (C=O) groups is 1. The lowest BCUT2D eigenvalue weighted by Gasteiger charge is -2.25. The molecule has 1 amide bonds. The van der Waals surface area contributed by atoms with Crippen molar-refractivity contribution >= 4 is 40.5 Å². The Hall–Kier alpha value is -2.78. The third-order valence-corrected chi connectivity index (χ3v) is 6.07. The van der Waals surface area contributed by atoms with E-state index in [1.165, 1.54) is 24.3 Å². The van der Waals surface area contributed by atoms with Crippen molar-refractivity contribution in [1.82, 2.24) is 0 Å². The van der Waals surface area contributed by atoms with E-state index in [1.807, 2.05) is 0 Å². The summed E-state index contributed by atoms with van der Waals surface area (Å²) in [7, 11) is 0. The number of nitrogens with one attached hydrogen (secondary N) is 2. The molecule has 0 saturated carbocycles. The van der Waals surface area contributed by atoms with Crippen molar-refractivity contribution in [3.63, 3.8) is 0 Å². The number of benzene rings is 3. The van der Waals surface area contributed by atoms with E-state index in [0.717, 1.165) is 12.1 Å². The second-order valence-electron chi connectivity index (χ2n) is 7.69. The lowest BCUT2D eigenvalue weighted by molar-refractivity contribution is -0.137. The molecule has 3 aromatic carbocycles. The van der Waals surface area contributed by atoms with E-state index >= 15 is 0 Å². The van der Waals surface area contributed by atoms with Crippen LogP contribution in [0.1, 0.15) is 40.6 Å². The molecule has 5 nitrogen and oxygen atoms in total. The van der Waals surface area contributed by atoms with Gasteiger partial charge in [-0.25, -0.2) is 0 Å². The van der Waals surface area contributed by atoms with Crippen LogP contribution in [0.15, 0.2) is 60.7 Å². The minimum atomic E-state index is -4.53. The van der Waals surface area contributed by atoms with Crippen LogP contribution in [0.4, 0.5) is 24.5 Å². The molecule has 3 rings (SSSR count). The van der Waals surface area contributed by atoms with Crippen molar-refractivity contribution < 1.29 is 18.0 Å². The van der Waals surface area contributed by atoms with Gasteiger partial charge in [0, 0.05) is 11.4 Å². The van der Waals surface area contributed by atoms with E-state index in [0.29, 0.717) is 27.7 Å². The standard InChI is InChI=1S/C24H22Cl2F3N4O/c25-19-6-4-13(11-20(19)26)17(8-9-30)23(34)33-16-5-7-21(31)18(12-16)22(32)14-2-1-3-15(10-14)24(27,28)29/h1-7,10-12,17,22,32H,8-9,30-31H2,(H,33,34)/q-1. The molecule has 0 radical (unpaired) electrons. The van der Waals surface area contributed by atoms with Gasteiger partial charge in [-0.15, -0.1) is 0 Å². The maximum atomic E-state index is 13.1. The first-order chi connectivity index (χ1) is 16.0. The molecule has 2 atom stereocenters. The summed E-state index contributed by atoms with van der Waals surface area (Å²) >= 11 is 12.1. The molecule has 10 heteroatoms. The number of hydrogen-bond donors (Lipinski definition) is 3. The van der Waals surface area contributed by atoms with E-state index in [2.05, 4.69) is 5.32 Å². The van der Waals surface area contributed by atoms with Crippen LogP contribution in [-0.4, -0.2) is 12.5 Å². The summed E-state index contributed by atoms with van der Waals surface area (Å²) < 4.78 is 39.3. The van der Waals surface area contributed by atoms with Crippen LogP contribution in [0.5, 0.6) is 0 Å². The molecule has 0 saturated heterocycles. The maximum Gasteiger partial charge on any atom is 0.416 e. The highest BCUT2D eigenvalue weighted by Gasteiger charge is 2.30.